The first-order valence-corrected chi connectivity index (χ1v) is 4.90. The minimum Gasteiger partial charge on any atom is -0.253 e. The first kappa shape index (κ1) is 8.41. The lowest BCUT2D eigenvalue weighted by molar-refractivity contribution is 0.537. The second-order valence-corrected chi connectivity index (χ2v) is 5.00. The van der Waals surface area contributed by atoms with Crippen LogP contribution >= 0.6 is 11.9 Å². The van der Waals surface area contributed by atoms with E-state index in [2.05, 4.69) is 25.2 Å². The average molecular weight is 159 g/mol. The topological polar surface area (TPSA) is 3.24 Å². The van der Waals surface area contributed by atoms with Gasteiger partial charge in [-0.1, -0.05) is 25.8 Å². The van der Waals surface area contributed by atoms with Crippen molar-refractivity contribution in [3.63, 3.8) is 0 Å². The quantitative estimate of drug-likeness (QED) is 0.569. The molecule has 1 nitrogen and oxygen atoms in total. The van der Waals surface area contributed by atoms with Gasteiger partial charge in [0.25, 0.3) is 0 Å². The molecule has 1 unspecified atom stereocenters. The van der Waals surface area contributed by atoms with Gasteiger partial charge in [-0.2, -0.15) is 0 Å². The van der Waals surface area contributed by atoms with Gasteiger partial charge in [-0.15, -0.1) is 0 Å². The molecule has 0 N–H and O–H groups in total. The third-order valence-corrected chi connectivity index (χ3v) is 3.10. The zero-order valence-electron chi connectivity index (χ0n) is 7.13. The van der Waals surface area contributed by atoms with E-state index in [0.29, 0.717) is 0 Å². The Morgan fingerprint density at radius 2 is 2.30 bits per heavy atom. The van der Waals surface area contributed by atoms with E-state index in [-0.39, 0.29) is 0 Å². The van der Waals surface area contributed by atoms with Crippen molar-refractivity contribution in [2.24, 2.45) is 5.92 Å². The number of hydrogen-bond acceptors (Lipinski definition) is 2. The predicted octanol–water partition coefficient (Wildman–Crippen LogP) is 2.38. The summed E-state index contributed by atoms with van der Waals surface area (Å²) in [6.45, 7) is 5.89. The largest absolute Gasteiger partial charge is 0.253 e. The molecular weight excluding hydrogens is 142 g/mol. The van der Waals surface area contributed by atoms with Crippen LogP contribution in [0.3, 0.4) is 0 Å². The van der Waals surface area contributed by atoms with Crippen LogP contribution in [0.5, 0.6) is 0 Å². The van der Waals surface area contributed by atoms with Crippen molar-refractivity contribution in [1.82, 2.24) is 4.31 Å². The highest BCUT2D eigenvalue weighted by atomic mass is 32.2. The highest BCUT2D eigenvalue weighted by Crippen LogP contribution is 2.30. The molecule has 60 valence electrons. The maximum Gasteiger partial charge on any atom is 0.0210 e. The molecular formula is C8H17NS. The number of rotatable bonds is 2. The number of nitrogens with zero attached hydrogens (tertiary/aromatic N) is 1. The summed E-state index contributed by atoms with van der Waals surface area (Å²) in [4.78, 5) is 0. The molecule has 10 heavy (non-hydrogen) atoms. The first-order chi connectivity index (χ1) is 4.68. The lowest BCUT2D eigenvalue weighted by Crippen LogP contribution is -2.02. The second kappa shape index (κ2) is 3.63. The van der Waals surface area contributed by atoms with Gasteiger partial charge in [0.05, 0.1) is 0 Å². The van der Waals surface area contributed by atoms with E-state index in [1.54, 1.807) is 0 Å². The summed E-state index contributed by atoms with van der Waals surface area (Å²) in [6.07, 6.45) is 2.77. The molecule has 1 rings (SSSR count). The Labute approximate surface area is 68.3 Å². The van der Waals surface area contributed by atoms with E-state index in [9.17, 15) is 0 Å². The Bertz CT molecular complexity index is 103. The molecule has 1 aliphatic heterocycles. The fourth-order valence-electron chi connectivity index (χ4n) is 1.37. The maximum atomic E-state index is 2.35. The van der Waals surface area contributed by atoms with E-state index >= 15 is 0 Å². The standard InChI is InChI=1S/C8H17NS/c1-7(2)6-8-4-5-9(3)10-8/h7-8H,4-6H2,1-3H3. The van der Waals surface area contributed by atoms with Crippen molar-refractivity contribution in [2.45, 2.75) is 31.9 Å². The Morgan fingerprint density at radius 1 is 1.60 bits per heavy atom. The molecule has 0 spiro atoms. The van der Waals surface area contributed by atoms with E-state index in [4.69, 9.17) is 0 Å². The van der Waals surface area contributed by atoms with Crippen LogP contribution in [0, 0.1) is 5.92 Å². The van der Waals surface area contributed by atoms with Gasteiger partial charge < -0.3 is 0 Å². The molecule has 0 bridgehead atoms. The predicted molar refractivity (Wildman–Crippen MR) is 48.1 cm³/mol. The molecule has 0 aromatic heterocycles. The van der Waals surface area contributed by atoms with Crippen LogP contribution in [0.4, 0.5) is 0 Å². The van der Waals surface area contributed by atoms with Crippen LogP contribution in [0.2, 0.25) is 0 Å². The van der Waals surface area contributed by atoms with Crippen molar-refractivity contribution in [1.29, 1.82) is 0 Å². The van der Waals surface area contributed by atoms with Crippen LogP contribution < -0.4 is 0 Å². The molecule has 0 aromatic rings. The van der Waals surface area contributed by atoms with Gasteiger partial charge in [0.15, 0.2) is 0 Å². The Morgan fingerprint density at radius 3 is 2.70 bits per heavy atom. The summed E-state index contributed by atoms with van der Waals surface area (Å²) in [5.74, 6) is 0.865. The van der Waals surface area contributed by atoms with E-state index in [0.717, 1.165) is 11.2 Å². The normalized spacial score (nSPS) is 28.2. The van der Waals surface area contributed by atoms with Crippen LogP contribution in [-0.2, 0) is 0 Å². The second-order valence-electron chi connectivity index (χ2n) is 3.50. The Kier molecular flexibility index (Phi) is 3.05. The Balaban J connectivity index is 2.18. The molecule has 1 aliphatic rings. The minimum absolute atomic E-state index is 0.865. The fourth-order valence-corrected chi connectivity index (χ4v) is 2.77. The Hall–Kier alpha value is 0.310. The highest BCUT2D eigenvalue weighted by molar-refractivity contribution is 7.97. The smallest absolute Gasteiger partial charge is 0.0210 e. The van der Waals surface area contributed by atoms with Crippen molar-refractivity contribution in [3.05, 3.63) is 0 Å². The van der Waals surface area contributed by atoms with Crippen LogP contribution in [-0.4, -0.2) is 23.1 Å². The van der Waals surface area contributed by atoms with E-state index in [1.165, 1.54) is 19.4 Å². The minimum atomic E-state index is 0.865. The van der Waals surface area contributed by atoms with Gasteiger partial charge in [-0.25, -0.2) is 0 Å². The van der Waals surface area contributed by atoms with Crippen molar-refractivity contribution in [3.8, 4) is 0 Å². The third kappa shape index (κ3) is 2.51. The fraction of sp³-hybridized carbons (Fsp3) is 1.00. The van der Waals surface area contributed by atoms with Crippen molar-refractivity contribution < 1.29 is 0 Å². The zero-order valence-corrected chi connectivity index (χ0v) is 7.95. The van der Waals surface area contributed by atoms with Crippen LogP contribution in [0.25, 0.3) is 0 Å². The molecule has 0 aromatic carbocycles. The van der Waals surface area contributed by atoms with Crippen LogP contribution in [0.15, 0.2) is 0 Å². The molecule has 0 amide bonds. The first-order valence-electron chi connectivity index (χ1n) is 4.06. The molecule has 0 saturated carbocycles. The molecule has 1 fully saturated rings. The third-order valence-electron chi connectivity index (χ3n) is 1.83. The van der Waals surface area contributed by atoms with Gasteiger partial charge >= 0.3 is 0 Å². The molecule has 1 heterocycles. The van der Waals surface area contributed by atoms with Gasteiger partial charge in [0.2, 0.25) is 0 Å². The number of hydrogen-bond donors (Lipinski definition) is 0. The summed E-state index contributed by atoms with van der Waals surface area (Å²) >= 11 is 2.03. The van der Waals surface area contributed by atoms with E-state index < -0.39 is 0 Å². The van der Waals surface area contributed by atoms with Crippen molar-refractivity contribution in [2.75, 3.05) is 13.6 Å². The van der Waals surface area contributed by atoms with E-state index in [1.807, 2.05) is 11.9 Å². The molecule has 0 aliphatic carbocycles. The molecule has 0 radical (unpaired) electrons. The van der Waals surface area contributed by atoms with Crippen LogP contribution in [0.1, 0.15) is 26.7 Å². The van der Waals surface area contributed by atoms with Gasteiger partial charge in [-0.05, 0) is 25.8 Å². The molecule has 1 atom stereocenters. The highest BCUT2D eigenvalue weighted by Gasteiger charge is 2.20. The zero-order chi connectivity index (χ0) is 7.56. The SMILES string of the molecule is CC(C)CC1CCN(C)S1. The summed E-state index contributed by atoms with van der Waals surface area (Å²) in [5.41, 5.74) is 0. The maximum absolute atomic E-state index is 2.35. The summed E-state index contributed by atoms with van der Waals surface area (Å²) in [6, 6.07) is 0. The summed E-state index contributed by atoms with van der Waals surface area (Å²) in [7, 11) is 2.19. The lowest BCUT2D eigenvalue weighted by Gasteiger charge is -2.11. The monoisotopic (exact) mass is 159 g/mol. The molecule has 1 saturated heterocycles. The average Bonchev–Trinajstić information content (AvgIpc) is 2.13. The van der Waals surface area contributed by atoms with Crippen molar-refractivity contribution >= 4 is 11.9 Å². The summed E-state index contributed by atoms with van der Waals surface area (Å²) < 4.78 is 2.35. The molecule has 2 heteroatoms. The van der Waals surface area contributed by atoms with Gasteiger partial charge in [-0.3, -0.25) is 4.31 Å². The summed E-state index contributed by atoms with van der Waals surface area (Å²) in [5, 5.41) is 0.907. The van der Waals surface area contributed by atoms with Gasteiger partial charge in [0.1, 0.15) is 0 Å². The lowest BCUT2D eigenvalue weighted by atomic mass is 10.1. The van der Waals surface area contributed by atoms with Gasteiger partial charge in [0, 0.05) is 11.8 Å².